The van der Waals surface area contributed by atoms with Gasteiger partial charge in [-0.1, -0.05) is 0 Å². The van der Waals surface area contributed by atoms with Crippen molar-refractivity contribution in [2.45, 2.75) is 0 Å². The van der Waals surface area contributed by atoms with E-state index in [-0.39, 0.29) is 68.7 Å². The molecule has 0 aliphatic rings. The van der Waals surface area contributed by atoms with Gasteiger partial charge in [-0.05, 0) is 0 Å². The molecule has 0 aromatic heterocycles. The Morgan fingerprint density at radius 2 is 1.38 bits per heavy atom. The maximum atomic E-state index is 8.36. The molecule has 0 aromatic carbocycles. The number of nitrogens with zero attached hydrogens (tertiary/aromatic N) is 1. The first-order valence-electron chi connectivity index (χ1n) is 0.565. The molecule has 0 rings (SSSR count). The van der Waals surface area contributed by atoms with Crippen molar-refractivity contribution >= 4 is 37.7 Å². The van der Waals surface area contributed by atoms with E-state index in [0.717, 1.165) is 0 Å². The summed E-state index contributed by atoms with van der Waals surface area (Å²) in [4.78, 5) is 8.36. The summed E-state index contributed by atoms with van der Waals surface area (Å²) in [6.07, 6.45) is 0. The summed E-state index contributed by atoms with van der Waals surface area (Å²) in [7, 11) is 0. The summed E-state index contributed by atoms with van der Waals surface area (Å²) in [5.41, 5.74) is 0. The van der Waals surface area contributed by atoms with Gasteiger partial charge in [0, 0.05) is 0 Å². The Hall–Kier alpha value is 1.000. The van der Waals surface area contributed by atoms with Crippen LogP contribution in [0.5, 0.6) is 0 Å². The number of rotatable bonds is 0. The smallest absolute Gasteiger partial charge is 1.00 e. The average Bonchev–Trinajstić information content (AvgIpc) is 0.811. The molecule has 0 aliphatic carbocycles. The number of hydrogen-bond acceptors (Lipinski definition) is 3. The summed E-state index contributed by atoms with van der Waals surface area (Å²) in [6.45, 7) is 0. The summed E-state index contributed by atoms with van der Waals surface area (Å²) in [5, 5.41) is 13.6. The molecule has 48 valence electrons. The molecule has 0 aromatic rings. The van der Waals surface area contributed by atoms with Crippen molar-refractivity contribution < 1.29 is 35.1 Å². The second-order valence-electron chi connectivity index (χ2n) is 0.238. The molecule has 8 heteroatoms. The molecule has 0 atom stereocenters. The zero-order valence-corrected chi connectivity index (χ0v) is 7.60. The van der Waals surface area contributed by atoms with Gasteiger partial charge in [-0.3, -0.25) is 0 Å². The van der Waals surface area contributed by atoms with Gasteiger partial charge in [-0.15, -0.1) is 10.1 Å². The van der Waals surface area contributed by atoms with Gasteiger partial charge >= 0.3 is 37.7 Å². The van der Waals surface area contributed by atoms with Crippen LogP contribution in [-0.4, -0.2) is 48.0 Å². The molecule has 8 heavy (non-hydrogen) atoms. The minimum atomic E-state index is -1.50. The predicted molar refractivity (Wildman–Crippen MR) is 19.6 cm³/mol. The molecule has 0 fully saturated rings. The second kappa shape index (κ2) is 24.5. The molecular formula is H4CaCl2N2O3. The van der Waals surface area contributed by atoms with Gasteiger partial charge in [0.15, 0.2) is 0 Å². The second-order valence-corrected chi connectivity index (χ2v) is 0.238. The van der Waals surface area contributed by atoms with E-state index in [1.807, 2.05) is 0 Å². The molecule has 0 spiro atoms. The van der Waals surface area contributed by atoms with Crippen molar-refractivity contribution in [2.24, 2.45) is 0 Å². The SMILES string of the molecule is N.O=[N+]([O-])O.[Ca+2].[Cl-].[Cl-]. The van der Waals surface area contributed by atoms with E-state index in [0.29, 0.717) is 0 Å². The van der Waals surface area contributed by atoms with E-state index in [1.165, 1.54) is 0 Å². The van der Waals surface area contributed by atoms with Gasteiger partial charge < -0.3 is 36.2 Å². The topological polar surface area (TPSA) is 98.4 Å². The maximum absolute atomic E-state index is 8.36. The molecule has 0 amide bonds. The van der Waals surface area contributed by atoms with Gasteiger partial charge in [0.25, 0.3) is 5.09 Å². The summed E-state index contributed by atoms with van der Waals surface area (Å²) in [6, 6.07) is 0. The fourth-order valence-corrected chi connectivity index (χ4v) is 0. The molecule has 0 heterocycles. The quantitative estimate of drug-likeness (QED) is 0.226. The molecule has 0 radical (unpaired) electrons. The molecule has 4 N–H and O–H groups in total. The zero-order chi connectivity index (χ0) is 3.58. The van der Waals surface area contributed by atoms with Gasteiger partial charge in [-0.2, -0.15) is 0 Å². The summed E-state index contributed by atoms with van der Waals surface area (Å²) >= 11 is 0. The normalized spacial score (nSPS) is 3.00. The van der Waals surface area contributed by atoms with E-state index in [2.05, 4.69) is 0 Å². The van der Waals surface area contributed by atoms with Gasteiger partial charge in [0.05, 0.1) is 0 Å². The van der Waals surface area contributed by atoms with Crippen molar-refractivity contribution in [3.8, 4) is 0 Å². The van der Waals surface area contributed by atoms with Crippen LogP contribution in [0, 0.1) is 10.1 Å². The van der Waals surface area contributed by atoms with Crippen LogP contribution in [0.1, 0.15) is 0 Å². The predicted octanol–water partition coefficient (Wildman–Crippen LogP) is -6.56. The minimum absolute atomic E-state index is 0. The molecular weight excluding hydrogens is 187 g/mol. The van der Waals surface area contributed by atoms with Crippen molar-refractivity contribution in [3.05, 3.63) is 10.1 Å². The molecule has 0 saturated carbocycles. The average molecular weight is 191 g/mol. The van der Waals surface area contributed by atoms with Crippen LogP contribution in [0.3, 0.4) is 0 Å². The molecule has 5 nitrogen and oxygen atoms in total. The Morgan fingerprint density at radius 3 is 1.38 bits per heavy atom. The third kappa shape index (κ3) is 252. The molecule has 0 bridgehead atoms. The Morgan fingerprint density at radius 1 is 1.38 bits per heavy atom. The van der Waals surface area contributed by atoms with Crippen LogP contribution >= 0.6 is 0 Å². The number of hydrogen-bond donors (Lipinski definition) is 2. The van der Waals surface area contributed by atoms with Crippen LogP contribution in [-0.2, 0) is 0 Å². The number of halogens is 2. The summed E-state index contributed by atoms with van der Waals surface area (Å²) in [5.74, 6) is 0. The van der Waals surface area contributed by atoms with Crippen molar-refractivity contribution in [1.82, 2.24) is 6.15 Å². The van der Waals surface area contributed by atoms with E-state index in [9.17, 15) is 0 Å². The van der Waals surface area contributed by atoms with Crippen LogP contribution in [0.25, 0.3) is 0 Å². The molecule has 0 saturated heterocycles. The summed E-state index contributed by atoms with van der Waals surface area (Å²) < 4.78 is 0. The Balaban J connectivity index is -0.00000000750. The minimum Gasteiger partial charge on any atom is -1.00 e. The molecule has 0 aliphatic heterocycles. The fourth-order valence-electron chi connectivity index (χ4n) is 0. The van der Waals surface area contributed by atoms with E-state index in [4.69, 9.17) is 15.3 Å². The van der Waals surface area contributed by atoms with Crippen LogP contribution in [0.4, 0.5) is 0 Å². The van der Waals surface area contributed by atoms with E-state index >= 15 is 0 Å². The largest absolute Gasteiger partial charge is 2.00 e. The Kier molecular flexibility index (Phi) is 110. The van der Waals surface area contributed by atoms with E-state index in [1.54, 1.807) is 0 Å². The van der Waals surface area contributed by atoms with Crippen LogP contribution < -0.4 is 31.0 Å². The maximum Gasteiger partial charge on any atom is 2.00 e. The van der Waals surface area contributed by atoms with E-state index < -0.39 is 5.09 Å². The first kappa shape index (κ1) is 36.0. The van der Waals surface area contributed by atoms with Crippen LogP contribution in [0.15, 0.2) is 0 Å². The Bertz CT molecular complexity index is 38.3. The van der Waals surface area contributed by atoms with Crippen LogP contribution in [0.2, 0.25) is 0 Å². The standard InChI is InChI=1S/Ca.2ClH.HNO3.H3N/c;;;2-1(3)4;/h;2*1H;(H,2,3,4);1H3/q+2;;;;/p-2. The van der Waals surface area contributed by atoms with Gasteiger partial charge in [0.1, 0.15) is 0 Å². The zero-order valence-electron chi connectivity index (χ0n) is 3.88. The van der Waals surface area contributed by atoms with Crippen molar-refractivity contribution in [1.29, 1.82) is 0 Å². The third-order valence-electron chi connectivity index (χ3n) is 0. The first-order chi connectivity index (χ1) is 1.73. The van der Waals surface area contributed by atoms with Gasteiger partial charge in [-0.25, -0.2) is 0 Å². The van der Waals surface area contributed by atoms with Crippen molar-refractivity contribution in [2.75, 3.05) is 0 Å². The monoisotopic (exact) mass is 190 g/mol. The Labute approximate surface area is 88.3 Å². The fraction of sp³-hybridized carbons (Fsp3) is 0. The van der Waals surface area contributed by atoms with Gasteiger partial charge in [0.2, 0.25) is 0 Å². The third-order valence-corrected chi connectivity index (χ3v) is 0. The first-order valence-corrected chi connectivity index (χ1v) is 0.565. The molecule has 0 unspecified atom stereocenters. The van der Waals surface area contributed by atoms with Crippen molar-refractivity contribution in [3.63, 3.8) is 0 Å².